The fourth-order valence-corrected chi connectivity index (χ4v) is 2.66. The topological polar surface area (TPSA) is 103 Å². The van der Waals surface area contributed by atoms with Crippen molar-refractivity contribution in [2.45, 2.75) is 36.9 Å². The molecule has 0 fully saturated rings. The van der Waals surface area contributed by atoms with Gasteiger partial charge in [-0.2, -0.15) is 0 Å². The minimum Gasteiger partial charge on any atom is -0.349 e. The van der Waals surface area contributed by atoms with E-state index in [2.05, 4.69) is 15.5 Å². The molecule has 0 bridgehead atoms. The van der Waals surface area contributed by atoms with Gasteiger partial charge in [-0.05, 0) is 36.7 Å². The Morgan fingerprint density at radius 1 is 1.38 bits per heavy atom. The molecule has 0 saturated carbocycles. The first-order valence-corrected chi connectivity index (χ1v) is 8.22. The summed E-state index contributed by atoms with van der Waals surface area (Å²) < 4.78 is 1.67. The molecule has 1 unspecified atom stereocenters. The molecule has 2 aromatic rings. The molecule has 1 aromatic carbocycles. The van der Waals surface area contributed by atoms with E-state index in [1.165, 1.54) is 12.4 Å². The molecular formula is C15H19N5O3S. The molecule has 8 nitrogen and oxygen atoms in total. The maximum Gasteiger partial charge on any atom is 0.284 e. The minimum atomic E-state index is -0.499. The molecule has 128 valence electrons. The highest BCUT2D eigenvalue weighted by atomic mass is 32.2. The predicted octanol–water partition coefficient (Wildman–Crippen LogP) is 2.65. The van der Waals surface area contributed by atoms with E-state index in [9.17, 15) is 14.9 Å². The number of benzene rings is 1. The third kappa shape index (κ3) is 4.10. The SMILES string of the molecule is CC(C)C(C)NC(=O)c1ccc(Sc2nncn2C)c([N+](=O)[O-])c1. The van der Waals surface area contributed by atoms with Gasteiger partial charge in [0.15, 0.2) is 5.16 Å². The van der Waals surface area contributed by atoms with E-state index in [-0.39, 0.29) is 29.1 Å². The van der Waals surface area contributed by atoms with Crippen molar-refractivity contribution in [2.24, 2.45) is 13.0 Å². The highest BCUT2D eigenvalue weighted by molar-refractivity contribution is 7.99. The molecule has 2 rings (SSSR count). The van der Waals surface area contributed by atoms with Gasteiger partial charge in [0.05, 0.1) is 9.82 Å². The predicted molar refractivity (Wildman–Crippen MR) is 90.0 cm³/mol. The number of nitrogens with one attached hydrogen (secondary N) is 1. The first-order valence-electron chi connectivity index (χ1n) is 7.40. The third-order valence-corrected chi connectivity index (χ3v) is 4.77. The number of aromatic nitrogens is 3. The molecule has 0 aliphatic rings. The fraction of sp³-hybridized carbons (Fsp3) is 0.400. The van der Waals surface area contributed by atoms with Gasteiger partial charge in [-0.15, -0.1) is 10.2 Å². The number of aryl methyl sites for hydroxylation is 1. The second-order valence-electron chi connectivity index (χ2n) is 5.77. The average molecular weight is 349 g/mol. The van der Waals surface area contributed by atoms with Gasteiger partial charge in [0.1, 0.15) is 6.33 Å². The summed E-state index contributed by atoms with van der Waals surface area (Å²) in [6.07, 6.45) is 1.52. The summed E-state index contributed by atoms with van der Waals surface area (Å²) in [7, 11) is 1.75. The molecule has 0 saturated heterocycles. The summed E-state index contributed by atoms with van der Waals surface area (Å²) in [5.41, 5.74) is 0.129. The molecule has 1 amide bonds. The average Bonchev–Trinajstić information content (AvgIpc) is 2.92. The van der Waals surface area contributed by atoms with Crippen LogP contribution in [-0.2, 0) is 7.05 Å². The highest BCUT2D eigenvalue weighted by Gasteiger charge is 2.21. The van der Waals surface area contributed by atoms with Gasteiger partial charge >= 0.3 is 0 Å². The van der Waals surface area contributed by atoms with Gasteiger partial charge in [0.25, 0.3) is 11.6 Å². The van der Waals surface area contributed by atoms with Crippen LogP contribution in [-0.4, -0.2) is 31.6 Å². The van der Waals surface area contributed by atoms with Gasteiger partial charge in [-0.1, -0.05) is 13.8 Å². The van der Waals surface area contributed by atoms with Crippen molar-refractivity contribution in [3.63, 3.8) is 0 Å². The molecule has 0 aliphatic heterocycles. The number of rotatable bonds is 6. The molecule has 24 heavy (non-hydrogen) atoms. The first-order chi connectivity index (χ1) is 11.3. The summed E-state index contributed by atoms with van der Waals surface area (Å²) >= 11 is 1.13. The van der Waals surface area contributed by atoms with Gasteiger partial charge in [0.2, 0.25) is 0 Å². The Kier molecular flexibility index (Phi) is 5.55. The van der Waals surface area contributed by atoms with E-state index in [1.807, 2.05) is 20.8 Å². The number of nitro groups is 1. The Labute approximate surface area is 143 Å². The number of amides is 1. The molecule has 1 heterocycles. The molecule has 1 N–H and O–H groups in total. The maximum absolute atomic E-state index is 12.2. The zero-order chi connectivity index (χ0) is 17.9. The van der Waals surface area contributed by atoms with E-state index >= 15 is 0 Å². The first kappa shape index (κ1) is 17.9. The van der Waals surface area contributed by atoms with Crippen molar-refractivity contribution < 1.29 is 9.72 Å². The zero-order valence-corrected chi connectivity index (χ0v) is 14.7. The van der Waals surface area contributed by atoms with E-state index in [0.717, 1.165) is 11.8 Å². The summed E-state index contributed by atoms with van der Waals surface area (Å²) in [4.78, 5) is 23.5. The van der Waals surface area contributed by atoms with Crippen molar-refractivity contribution in [2.75, 3.05) is 0 Å². The van der Waals surface area contributed by atoms with Gasteiger partial charge in [-0.3, -0.25) is 14.9 Å². The summed E-state index contributed by atoms with van der Waals surface area (Å²) in [6, 6.07) is 4.41. The van der Waals surface area contributed by atoms with Crippen LogP contribution in [0.3, 0.4) is 0 Å². The molecule has 0 spiro atoms. The van der Waals surface area contributed by atoms with E-state index in [0.29, 0.717) is 10.1 Å². The summed E-state index contributed by atoms with van der Waals surface area (Å²) in [5.74, 6) is -0.0517. The monoisotopic (exact) mass is 349 g/mol. The Hall–Kier alpha value is -2.42. The van der Waals surface area contributed by atoms with Crippen molar-refractivity contribution in [1.82, 2.24) is 20.1 Å². The lowest BCUT2D eigenvalue weighted by Gasteiger charge is -2.17. The van der Waals surface area contributed by atoms with Crippen molar-refractivity contribution in [1.29, 1.82) is 0 Å². The fourth-order valence-electron chi connectivity index (χ4n) is 1.81. The van der Waals surface area contributed by atoms with Crippen LogP contribution in [0.15, 0.2) is 34.6 Å². The van der Waals surface area contributed by atoms with Gasteiger partial charge in [0, 0.05) is 24.7 Å². The van der Waals surface area contributed by atoms with E-state index in [1.54, 1.807) is 23.7 Å². The van der Waals surface area contributed by atoms with Gasteiger partial charge in [-0.25, -0.2) is 0 Å². The zero-order valence-electron chi connectivity index (χ0n) is 13.9. The van der Waals surface area contributed by atoms with Gasteiger partial charge < -0.3 is 9.88 Å². The molecule has 0 radical (unpaired) electrons. The maximum atomic E-state index is 12.2. The van der Waals surface area contributed by atoms with Crippen molar-refractivity contribution >= 4 is 23.4 Å². The lowest BCUT2D eigenvalue weighted by Crippen LogP contribution is -2.36. The number of nitrogens with zero attached hydrogens (tertiary/aromatic N) is 4. The number of carbonyl (C=O) groups is 1. The summed E-state index contributed by atoms with van der Waals surface area (Å²) in [5, 5.41) is 22.4. The Morgan fingerprint density at radius 3 is 2.62 bits per heavy atom. The lowest BCUT2D eigenvalue weighted by molar-refractivity contribution is -0.387. The van der Waals surface area contributed by atoms with Crippen LogP contribution in [0, 0.1) is 16.0 Å². The second kappa shape index (κ2) is 7.43. The Bertz CT molecular complexity index is 759. The Morgan fingerprint density at radius 2 is 2.08 bits per heavy atom. The lowest BCUT2D eigenvalue weighted by atomic mass is 10.1. The van der Waals surface area contributed by atoms with Crippen LogP contribution in [0.25, 0.3) is 0 Å². The van der Waals surface area contributed by atoms with Crippen LogP contribution in [0.4, 0.5) is 5.69 Å². The smallest absolute Gasteiger partial charge is 0.284 e. The normalized spacial score (nSPS) is 12.2. The van der Waals surface area contributed by atoms with Crippen molar-refractivity contribution in [3.8, 4) is 0 Å². The van der Waals surface area contributed by atoms with E-state index < -0.39 is 4.92 Å². The van der Waals surface area contributed by atoms with Crippen molar-refractivity contribution in [3.05, 3.63) is 40.2 Å². The second-order valence-corrected chi connectivity index (χ2v) is 6.78. The third-order valence-electron chi connectivity index (χ3n) is 3.65. The van der Waals surface area contributed by atoms with E-state index in [4.69, 9.17) is 0 Å². The molecular weight excluding hydrogens is 330 g/mol. The highest BCUT2D eigenvalue weighted by Crippen LogP contribution is 2.34. The Balaban J connectivity index is 2.28. The van der Waals surface area contributed by atoms with Crippen LogP contribution >= 0.6 is 11.8 Å². The molecule has 0 aliphatic carbocycles. The van der Waals surface area contributed by atoms with Crippen LogP contribution < -0.4 is 5.32 Å². The standard InChI is InChI=1S/C15H19N5O3S/c1-9(2)10(3)17-14(21)11-5-6-13(12(7-11)20(22)23)24-15-18-16-8-19(15)4/h5-10H,1-4H3,(H,17,21). The van der Waals surface area contributed by atoms with Crippen LogP contribution in [0.5, 0.6) is 0 Å². The quantitative estimate of drug-likeness (QED) is 0.635. The molecule has 1 atom stereocenters. The number of hydrogen-bond acceptors (Lipinski definition) is 6. The molecule has 1 aromatic heterocycles. The molecule has 9 heteroatoms. The number of carbonyl (C=O) groups excluding carboxylic acids is 1. The number of hydrogen-bond donors (Lipinski definition) is 1. The summed E-state index contributed by atoms with van der Waals surface area (Å²) in [6.45, 7) is 5.89. The minimum absolute atomic E-state index is 0.0238. The van der Waals surface area contributed by atoms with Crippen LogP contribution in [0.2, 0.25) is 0 Å². The largest absolute Gasteiger partial charge is 0.349 e. The van der Waals surface area contributed by atoms with Crippen LogP contribution in [0.1, 0.15) is 31.1 Å². The number of nitro benzene ring substituents is 1.